The Kier molecular flexibility index (Phi) is 8.49. The smallest absolute Gasteiger partial charge is 0.311 e. The quantitative estimate of drug-likeness (QED) is 0.627. The Morgan fingerprint density at radius 2 is 1.67 bits per heavy atom. The molecule has 0 radical (unpaired) electrons. The Bertz CT molecular complexity index is 311. The van der Waals surface area contributed by atoms with Crippen molar-refractivity contribution in [2.24, 2.45) is 17.1 Å². The molecule has 0 fully saturated rings. The molecule has 0 spiro atoms. The highest BCUT2D eigenvalue weighted by atomic mass is 16.5. The molecular weight excluding hydrogens is 266 g/mol. The lowest BCUT2D eigenvalue weighted by molar-refractivity contribution is -0.160. The van der Waals surface area contributed by atoms with Gasteiger partial charge in [0.2, 0.25) is 0 Å². The summed E-state index contributed by atoms with van der Waals surface area (Å²) in [6.07, 6.45) is 2.31. The lowest BCUT2D eigenvalue weighted by Crippen LogP contribution is -2.48. The van der Waals surface area contributed by atoms with E-state index in [2.05, 4.69) is 13.8 Å². The van der Waals surface area contributed by atoms with Crippen LogP contribution in [0.5, 0.6) is 0 Å². The normalized spacial score (nSPS) is 15.3. The molecule has 4 heteroatoms. The van der Waals surface area contributed by atoms with Gasteiger partial charge in [-0.15, -0.1) is 0 Å². The van der Waals surface area contributed by atoms with Gasteiger partial charge in [-0.3, -0.25) is 4.79 Å². The highest BCUT2D eigenvalue weighted by Crippen LogP contribution is 2.29. The van der Waals surface area contributed by atoms with Crippen LogP contribution in [0.4, 0.5) is 0 Å². The van der Waals surface area contributed by atoms with Gasteiger partial charge >= 0.3 is 5.97 Å². The molecule has 0 bridgehead atoms. The Morgan fingerprint density at radius 1 is 1.14 bits per heavy atom. The molecular formula is C17H35NO3. The number of esters is 1. The number of ether oxygens (including phenoxy) is 2. The molecule has 126 valence electrons. The lowest BCUT2D eigenvalue weighted by atomic mass is 9.84. The molecule has 1 atom stereocenters. The van der Waals surface area contributed by atoms with Gasteiger partial charge in [0, 0.05) is 13.0 Å². The van der Waals surface area contributed by atoms with Crippen LogP contribution in [0.25, 0.3) is 0 Å². The van der Waals surface area contributed by atoms with Gasteiger partial charge in [-0.1, -0.05) is 27.7 Å². The molecule has 0 saturated carbocycles. The van der Waals surface area contributed by atoms with Crippen molar-refractivity contribution in [3.63, 3.8) is 0 Å². The fourth-order valence-corrected chi connectivity index (χ4v) is 2.37. The Labute approximate surface area is 130 Å². The topological polar surface area (TPSA) is 61.5 Å². The van der Waals surface area contributed by atoms with Crippen LogP contribution in [0.1, 0.15) is 67.7 Å². The second kappa shape index (κ2) is 8.74. The molecule has 4 nitrogen and oxygen atoms in total. The molecule has 0 amide bonds. The van der Waals surface area contributed by atoms with E-state index in [0.29, 0.717) is 19.6 Å². The van der Waals surface area contributed by atoms with Gasteiger partial charge in [0.1, 0.15) is 0 Å². The average molecular weight is 301 g/mol. The van der Waals surface area contributed by atoms with Crippen LogP contribution in [-0.2, 0) is 14.3 Å². The first-order chi connectivity index (χ1) is 9.67. The minimum absolute atomic E-state index is 0.100. The van der Waals surface area contributed by atoms with Crippen LogP contribution in [0, 0.1) is 11.3 Å². The monoisotopic (exact) mass is 301 g/mol. The summed E-state index contributed by atoms with van der Waals surface area (Å²) in [6, 6.07) is 0. The molecule has 1 unspecified atom stereocenters. The Hall–Kier alpha value is -0.610. The van der Waals surface area contributed by atoms with Crippen LogP contribution in [-0.4, -0.2) is 30.8 Å². The van der Waals surface area contributed by atoms with Gasteiger partial charge in [-0.05, 0) is 39.5 Å². The van der Waals surface area contributed by atoms with E-state index in [4.69, 9.17) is 15.2 Å². The summed E-state index contributed by atoms with van der Waals surface area (Å²) in [4.78, 5) is 12.2. The standard InChI is InChI=1S/C17H35NO3/c1-8-16(7,9-2)15(19)20-11-10-17(12-18,13(3)4)21-14(5)6/h13-14H,8-12,18H2,1-7H3. The molecule has 2 N–H and O–H groups in total. The first-order valence-electron chi connectivity index (χ1n) is 8.22. The van der Waals surface area contributed by atoms with E-state index in [1.807, 2.05) is 34.6 Å². The third kappa shape index (κ3) is 5.59. The molecule has 0 aromatic carbocycles. The fourth-order valence-electron chi connectivity index (χ4n) is 2.37. The summed E-state index contributed by atoms with van der Waals surface area (Å²) in [5.74, 6) is 0.152. The molecule has 0 saturated heterocycles. The molecule has 0 aliphatic carbocycles. The number of rotatable bonds is 10. The third-order valence-corrected chi connectivity index (χ3v) is 4.68. The number of carbonyl (C=O) groups is 1. The van der Waals surface area contributed by atoms with Crippen molar-refractivity contribution in [3.8, 4) is 0 Å². The molecule has 21 heavy (non-hydrogen) atoms. The zero-order valence-electron chi connectivity index (χ0n) is 15.0. The second-order valence-corrected chi connectivity index (χ2v) is 6.74. The van der Waals surface area contributed by atoms with E-state index in [-0.39, 0.29) is 23.4 Å². The average Bonchev–Trinajstić information content (AvgIpc) is 2.44. The number of hydrogen-bond donors (Lipinski definition) is 1. The number of carbonyl (C=O) groups excluding carboxylic acids is 1. The molecule has 0 aromatic rings. The van der Waals surface area contributed by atoms with Crippen molar-refractivity contribution in [2.45, 2.75) is 79.4 Å². The molecule has 0 aromatic heterocycles. The van der Waals surface area contributed by atoms with Gasteiger partial charge in [-0.2, -0.15) is 0 Å². The van der Waals surface area contributed by atoms with Gasteiger partial charge in [0.05, 0.1) is 23.7 Å². The second-order valence-electron chi connectivity index (χ2n) is 6.74. The summed E-state index contributed by atoms with van der Waals surface area (Å²) < 4.78 is 11.6. The summed E-state index contributed by atoms with van der Waals surface area (Å²) in [6.45, 7) is 15.0. The Balaban J connectivity index is 4.68. The molecule has 0 rings (SSSR count). The maximum absolute atomic E-state index is 12.2. The predicted molar refractivity (Wildman–Crippen MR) is 87.1 cm³/mol. The van der Waals surface area contributed by atoms with Gasteiger partial charge in [0.25, 0.3) is 0 Å². The predicted octanol–water partition coefficient (Wildman–Crippen LogP) is 3.52. The van der Waals surface area contributed by atoms with Crippen LogP contribution in [0.15, 0.2) is 0 Å². The zero-order valence-corrected chi connectivity index (χ0v) is 15.0. The summed E-state index contributed by atoms with van der Waals surface area (Å²) >= 11 is 0. The maximum Gasteiger partial charge on any atom is 0.311 e. The van der Waals surface area contributed by atoms with E-state index in [1.165, 1.54) is 0 Å². The summed E-state index contributed by atoms with van der Waals surface area (Å²) in [7, 11) is 0. The number of nitrogens with two attached hydrogens (primary N) is 1. The van der Waals surface area contributed by atoms with E-state index >= 15 is 0 Å². The fraction of sp³-hybridized carbons (Fsp3) is 0.941. The van der Waals surface area contributed by atoms with E-state index < -0.39 is 5.60 Å². The van der Waals surface area contributed by atoms with Crippen LogP contribution < -0.4 is 5.73 Å². The zero-order chi connectivity index (χ0) is 16.7. The van der Waals surface area contributed by atoms with E-state index in [9.17, 15) is 4.79 Å². The van der Waals surface area contributed by atoms with Crippen molar-refractivity contribution in [1.82, 2.24) is 0 Å². The van der Waals surface area contributed by atoms with E-state index in [1.54, 1.807) is 0 Å². The Morgan fingerprint density at radius 3 is 2.00 bits per heavy atom. The van der Waals surface area contributed by atoms with Crippen molar-refractivity contribution < 1.29 is 14.3 Å². The van der Waals surface area contributed by atoms with Crippen LogP contribution in [0.3, 0.4) is 0 Å². The van der Waals surface area contributed by atoms with Crippen molar-refractivity contribution in [1.29, 1.82) is 0 Å². The first kappa shape index (κ1) is 20.4. The van der Waals surface area contributed by atoms with Crippen molar-refractivity contribution >= 4 is 5.97 Å². The van der Waals surface area contributed by atoms with Crippen molar-refractivity contribution in [3.05, 3.63) is 0 Å². The SMILES string of the molecule is CCC(C)(CC)C(=O)OCCC(CN)(OC(C)C)C(C)C. The molecule has 0 aliphatic heterocycles. The summed E-state index contributed by atoms with van der Waals surface area (Å²) in [5.41, 5.74) is 5.13. The lowest BCUT2D eigenvalue weighted by Gasteiger charge is -2.38. The first-order valence-corrected chi connectivity index (χ1v) is 8.22. The van der Waals surface area contributed by atoms with Gasteiger partial charge in [-0.25, -0.2) is 0 Å². The van der Waals surface area contributed by atoms with Gasteiger partial charge in [0.15, 0.2) is 0 Å². The van der Waals surface area contributed by atoms with Gasteiger partial charge < -0.3 is 15.2 Å². The minimum atomic E-state index is -0.427. The van der Waals surface area contributed by atoms with Crippen LogP contribution in [0.2, 0.25) is 0 Å². The largest absolute Gasteiger partial charge is 0.465 e. The molecule has 0 heterocycles. The van der Waals surface area contributed by atoms with Crippen molar-refractivity contribution in [2.75, 3.05) is 13.2 Å². The minimum Gasteiger partial charge on any atom is -0.465 e. The van der Waals surface area contributed by atoms with E-state index in [0.717, 1.165) is 12.8 Å². The maximum atomic E-state index is 12.2. The highest BCUT2D eigenvalue weighted by molar-refractivity contribution is 5.76. The third-order valence-electron chi connectivity index (χ3n) is 4.68. The number of hydrogen-bond acceptors (Lipinski definition) is 4. The summed E-state index contributed by atoms with van der Waals surface area (Å²) in [5, 5.41) is 0. The van der Waals surface area contributed by atoms with Crippen LogP contribution >= 0.6 is 0 Å². The molecule has 0 aliphatic rings. The highest BCUT2D eigenvalue weighted by Gasteiger charge is 2.36.